The Morgan fingerprint density at radius 3 is 2.89 bits per heavy atom. The number of nitrogens with one attached hydrogen (secondary N) is 1. The van der Waals surface area contributed by atoms with Gasteiger partial charge in [-0.1, -0.05) is 22.0 Å². The van der Waals surface area contributed by atoms with Gasteiger partial charge in [0.1, 0.15) is 16.6 Å². The van der Waals surface area contributed by atoms with Crippen LogP contribution in [-0.4, -0.2) is 36.5 Å². The number of benzene rings is 2. The number of ether oxygens (including phenoxy) is 1. The number of rotatable bonds is 7. The molecule has 0 aliphatic heterocycles. The molecule has 0 bridgehead atoms. The van der Waals surface area contributed by atoms with Crippen molar-refractivity contribution in [1.29, 1.82) is 0 Å². The van der Waals surface area contributed by atoms with Crippen LogP contribution in [0, 0.1) is 5.82 Å². The van der Waals surface area contributed by atoms with Crippen molar-refractivity contribution in [2.75, 3.05) is 26.0 Å². The van der Waals surface area contributed by atoms with Crippen molar-refractivity contribution in [2.45, 2.75) is 6.54 Å². The molecule has 3 rings (SSSR count). The summed E-state index contributed by atoms with van der Waals surface area (Å²) < 4.78 is 19.6. The normalized spacial score (nSPS) is 10.9. The molecule has 0 radical (unpaired) electrons. The third kappa shape index (κ3) is 5.37. The van der Waals surface area contributed by atoms with Crippen molar-refractivity contribution >= 4 is 38.9 Å². The zero-order valence-corrected chi connectivity index (χ0v) is 17.8. The number of amides is 1. The Labute approximate surface area is 175 Å². The number of likely N-dealkylation sites (N-methyl/N-ethyl adjacent to an activating group) is 1. The Morgan fingerprint density at radius 2 is 2.14 bits per heavy atom. The summed E-state index contributed by atoms with van der Waals surface area (Å²) in [6, 6.07) is 11.6. The maximum absolute atomic E-state index is 13.2. The van der Waals surface area contributed by atoms with Crippen LogP contribution in [0.25, 0.3) is 10.6 Å². The van der Waals surface area contributed by atoms with E-state index in [1.807, 2.05) is 35.5 Å². The van der Waals surface area contributed by atoms with Gasteiger partial charge in [0, 0.05) is 22.1 Å². The summed E-state index contributed by atoms with van der Waals surface area (Å²) in [4.78, 5) is 18.7. The van der Waals surface area contributed by atoms with Gasteiger partial charge in [0.25, 0.3) is 0 Å². The zero-order chi connectivity index (χ0) is 20.1. The lowest BCUT2D eigenvalue weighted by molar-refractivity contribution is -0.117. The zero-order valence-electron chi connectivity index (χ0n) is 15.4. The lowest BCUT2D eigenvalue weighted by atomic mass is 10.2. The van der Waals surface area contributed by atoms with E-state index in [0.29, 0.717) is 12.2 Å². The first-order valence-corrected chi connectivity index (χ1v) is 10.1. The van der Waals surface area contributed by atoms with Gasteiger partial charge < -0.3 is 10.1 Å². The highest BCUT2D eigenvalue weighted by Crippen LogP contribution is 2.34. The summed E-state index contributed by atoms with van der Waals surface area (Å²) in [5, 5.41) is 5.51. The summed E-state index contributed by atoms with van der Waals surface area (Å²) in [6.45, 7) is 0.687. The summed E-state index contributed by atoms with van der Waals surface area (Å²) >= 11 is 5.00. The van der Waals surface area contributed by atoms with Gasteiger partial charge in [0.05, 0.1) is 24.9 Å². The third-order valence-corrected chi connectivity index (χ3v) is 5.32. The second-order valence-electron chi connectivity index (χ2n) is 6.22. The van der Waals surface area contributed by atoms with Crippen molar-refractivity contribution in [3.63, 3.8) is 0 Å². The molecule has 0 unspecified atom stereocenters. The number of halogens is 2. The van der Waals surface area contributed by atoms with Crippen molar-refractivity contribution in [3.8, 4) is 16.3 Å². The van der Waals surface area contributed by atoms with Gasteiger partial charge in [0.15, 0.2) is 0 Å². The van der Waals surface area contributed by atoms with E-state index in [1.165, 1.54) is 23.5 Å². The Hall–Kier alpha value is -2.29. The minimum Gasteiger partial charge on any atom is -0.496 e. The van der Waals surface area contributed by atoms with Gasteiger partial charge in [0.2, 0.25) is 5.91 Å². The molecule has 0 spiro atoms. The highest BCUT2D eigenvalue weighted by Gasteiger charge is 2.13. The van der Waals surface area contributed by atoms with Crippen LogP contribution in [0.15, 0.2) is 52.3 Å². The fourth-order valence-electron chi connectivity index (χ4n) is 2.69. The van der Waals surface area contributed by atoms with E-state index in [9.17, 15) is 9.18 Å². The number of anilines is 1. The summed E-state index contributed by atoms with van der Waals surface area (Å²) in [5.41, 5.74) is 2.22. The average Bonchev–Trinajstić information content (AvgIpc) is 3.09. The van der Waals surface area contributed by atoms with Crippen molar-refractivity contribution < 1.29 is 13.9 Å². The van der Waals surface area contributed by atoms with Crippen LogP contribution in [0.5, 0.6) is 5.75 Å². The fourth-order valence-corrected chi connectivity index (χ4v) is 3.89. The Bertz CT molecular complexity index is 980. The first-order chi connectivity index (χ1) is 13.4. The molecular weight excluding hydrogens is 445 g/mol. The highest BCUT2D eigenvalue weighted by atomic mass is 79.9. The molecule has 146 valence electrons. The summed E-state index contributed by atoms with van der Waals surface area (Å²) in [7, 11) is 3.47. The van der Waals surface area contributed by atoms with Crippen LogP contribution in [0.3, 0.4) is 0 Å². The molecule has 1 amide bonds. The van der Waals surface area contributed by atoms with Crippen LogP contribution < -0.4 is 10.1 Å². The minimum atomic E-state index is -0.385. The third-order valence-electron chi connectivity index (χ3n) is 3.90. The standard InChI is InChI=1S/C20H19BrFN3O2S/c1-25(11-19(26)23-15-5-3-4-14(22)9-15)10-16-12-28-20(24-16)17-8-13(21)6-7-18(17)27-2/h3-9,12H,10-11H2,1-2H3,(H,23,26). The topological polar surface area (TPSA) is 54.5 Å². The van der Waals surface area contributed by atoms with Crippen LogP contribution in [0.2, 0.25) is 0 Å². The van der Waals surface area contributed by atoms with Crippen LogP contribution >= 0.6 is 27.3 Å². The molecule has 3 aromatic rings. The number of methoxy groups -OCH3 is 1. The lowest BCUT2D eigenvalue weighted by Crippen LogP contribution is -2.29. The minimum absolute atomic E-state index is 0.170. The predicted molar refractivity (Wildman–Crippen MR) is 113 cm³/mol. The van der Waals surface area contributed by atoms with Gasteiger partial charge in [-0.05, 0) is 43.4 Å². The molecular formula is C20H19BrFN3O2S. The number of aromatic nitrogens is 1. The molecule has 28 heavy (non-hydrogen) atoms. The fraction of sp³-hybridized carbons (Fsp3) is 0.200. The molecule has 0 fully saturated rings. The molecule has 1 aromatic heterocycles. The van der Waals surface area contributed by atoms with Gasteiger partial charge >= 0.3 is 0 Å². The van der Waals surface area contributed by atoms with Crippen molar-refractivity contribution in [2.24, 2.45) is 0 Å². The molecule has 0 saturated heterocycles. The number of thiazole rings is 1. The molecule has 0 aliphatic rings. The average molecular weight is 464 g/mol. The number of carbonyl (C=O) groups excluding carboxylic acids is 1. The Morgan fingerprint density at radius 1 is 1.32 bits per heavy atom. The van der Waals surface area contributed by atoms with Gasteiger partial charge in [-0.15, -0.1) is 11.3 Å². The maximum Gasteiger partial charge on any atom is 0.238 e. The monoisotopic (exact) mass is 463 g/mol. The first-order valence-electron chi connectivity index (χ1n) is 8.47. The number of carbonyl (C=O) groups is 1. The van der Waals surface area contributed by atoms with E-state index in [4.69, 9.17) is 4.74 Å². The first kappa shape index (κ1) is 20.4. The van der Waals surface area contributed by atoms with Crippen molar-refractivity contribution in [1.82, 2.24) is 9.88 Å². The van der Waals surface area contributed by atoms with Gasteiger partial charge in [-0.2, -0.15) is 0 Å². The molecule has 0 atom stereocenters. The molecule has 0 saturated carbocycles. The summed E-state index contributed by atoms with van der Waals surface area (Å²) in [5.74, 6) is 0.160. The molecule has 5 nitrogen and oxygen atoms in total. The molecule has 0 aliphatic carbocycles. The molecule has 1 N–H and O–H groups in total. The van der Waals surface area contributed by atoms with Crippen molar-refractivity contribution in [3.05, 3.63) is 63.8 Å². The number of nitrogens with zero attached hydrogens (tertiary/aromatic N) is 2. The smallest absolute Gasteiger partial charge is 0.238 e. The van der Waals surface area contributed by atoms with Crippen LogP contribution in [0.4, 0.5) is 10.1 Å². The Balaban J connectivity index is 1.62. The van der Waals surface area contributed by atoms with Gasteiger partial charge in [-0.3, -0.25) is 9.69 Å². The summed E-state index contributed by atoms with van der Waals surface area (Å²) in [6.07, 6.45) is 0. The second-order valence-corrected chi connectivity index (χ2v) is 7.99. The van der Waals surface area contributed by atoms with Crippen LogP contribution in [-0.2, 0) is 11.3 Å². The lowest BCUT2D eigenvalue weighted by Gasteiger charge is -2.15. The highest BCUT2D eigenvalue weighted by molar-refractivity contribution is 9.10. The van der Waals surface area contributed by atoms with E-state index in [0.717, 1.165) is 26.5 Å². The molecule has 1 heterocycles. The van der Waals surface area contributed by atoms with Crippen LogP contribution in [0.1, 0.15) is 5.69 Å². The van der Waals surface area contributed by atoms with Gasteiger partial charge in [-0.25, -0.2) is 9.37 Å². The SMILES string of the molecule is COc1ccc(Br)cc1-c1nc(CN(C)CC(=O)Nc2cccc(F)c2)cs1. The van der Waals surface area contributed by atoms with E-state index in [1.54, 1.807) is 19.2 Å². The number of hydrogen-bond donors (Lipinski definition) is 1. The second kappa shape index (κ2) is 9.27. The van der Waals surface area contributed by atoms with E-state index in [2.05, 4.69) is 26.2 Å². The number of hydrogen-bond acceptors (Lipinski definition) is 5. The molecule has 8 heteroatoms. The van der Waals surface area contributed by atoms with E-state index in [-0.39, 0.29) is 18.3 Å². The Kier molecular flexibility index (Phi) is 6.77. The quantitative estimate of drug-likeness (QED) is 0.547. The molecule has 2 aromatic carbocycles. The van der Waals surface area contributed by atoms with E-state index >= 15 is 0 Å². The van der Waals surface area contributed by atoms with E-state index < -0.39 is 0 Å². The predicted octanol–water partition coefficient (Wildman–Crippen LogP) is 4.79. The maximum atomic E-state index is 13.2. The largest absolute Gasteiger partial charge is 0.496 e.